The number of nitrogens with one attached hydrogen (secondary N) is 1. The molecule has 15 heavy (non-hydrogen) atoms. The third-order valence-electron chi connectivity index (χ3n) is 2.40. The largest absolute Gasteiger partial charge is 0.271 e. The lowest BCUT2D eigenvalue weighted by Gasteiger charge is -2.13. The monoisotopic (exact) mass is 203 g/mol. The highest BCUT2D eigenvalue weighted by Gasteiger charge is 2.05. The number of aryl methyl sites for hydroxylation is 1. The van der Waals surface area contributed by atoms with Crippen LogP contribution in [0.2, 0.25) is 0 Å². The van der Waals surface area contributed by atoms with Gasteiger partial charge in [-0.3, -0.25) is 16.3 Å². The lowest BCUT2D eigenvalue weighted by atomic mass is 10.0. The quantitative estimate of drug-likeness (QED) is 0.416. The average molecular weight is 203 g/mol. The van der Waals surface area contributed by atoms with E-state index in [0.29, 0.717) is 6.04 Å². The highest BCUT2D eigenvalue weighted by molar-refractivity contribution is 5.09. The van der Waals surface area contributed by atoms with Crippen LogP contribution in [-0.4, -0.2) is 11.0 Å². The fourth-order valence-corrected chi connectivity index (χ4v) is 1.46. The van der Waals surface area contributed by atoms with Crippen LogP contribution in [0.3, 0.4) is 0 Å². The van der Waals surface area contributed by atoms with Gasteiger partial charge in [-0.2, -0.15) is 0 Å². The zero-order valence-electron chi connectivity index (χ0n) is 8.82. The Morgan fingerprint density at radius 1 is 1.40 bits per heavy atom. The Labute approximate surface area is 91.1 Å². The summed E-state index contributed by atoms with van der Waals surface area (Å²) in [4.78, 5) is 3.98. The van der Waals surface area contributed by atoms with Crippen LogP contribution in [0.4, 0.5) is 0 Å². The van der Waals surface area contributed by atoms with E-state index in [9.17, 15) is 0 Å². The van der Waals surface area contributed by atoms with Gasteiger partial charge >= 0.3 is 0 Å². The molecule has 3 nitrogen and oxygen atoms in total. The zero-order valence-corrected chi connectivity index (χ0v) is 8.82. The van der Waals surface area contributed by atoms with Gasteiger partial charge in [-0.15, -0.1) is 12.3 Å². The second-order valence-corrected chi connectivity index (χ2v) is 3.50. The predicted octanol–water partition coefficient (Wildman–Crippen LogP) is 1.26. The van der Waals surface area contributed by atoms with Crippen molar-refractivity contribution in [3.63, 3.8) is 0 Å². The third-order valence-corrected chi connectivity index (χ3v) is 2.40. The van der Waals surface area contributed by atoms with Gasteiger partial charge in [0.2, 0.25) is 0 Å². The molecule has 1 atom stereocenters. The van der Waals surface area contributed by atoms with Crippen molar-refractivity contribution in [2.24, 2.45) is 5.84 Å². The molecule has 1 aromatic heterocycles. The molecule has 0 aromatic carbocycles. The van der Waals surface area contributed by atoms with E-state index < -0.39 is 0 Å². The number of rotatable bonds is 6. The van der Waals surface area contributed by atoms with Crippen molar-refractivity contribution in [2.75, 3.05) is 0 Å². The number of pyridine rings is 1. The van der Waals surface area contributed by atoms with Crippen molar-refractivity contribution in [1.29, 1.82) is 0 Å². The lowest BCUT2D eigenvalue weighted by Crippen LogP contribution is -2.35. The topological polar surface area (TPSA) is 50.9 Å². The second-order valence-electron chi connectivity index (χ2n) is 3.50. The molecule has 0 amide bonds. The van der Waals surface area contributed by atoms with Crippen molar-refractivity contribution >= 4 is 0 Å². The predicted molar refractivity (Wildman–Crippen MR) is 61.7 cm³/mol. The van der Waals surface area contributed by atoms with Gasteiger partial charge in [0.1, 0.15) is 0 Å². The molecule has 0 spiro atoms. The smallest absolute Gasteiger partial charge is 0.0270 e. The summed E-state index contributed by atoms with van der Waals surface area (Å²) in [5.74, 6) is 8.07. The Morgan fingerprint density at radius 2 is 2.13 bits per heavy atom. The Balaban J connectivity index is 2.31. The number of terminal acetylenes is 1. The Bertz CT molecular complexity index is 302. The minimum absolute atomic E-state index is 0.300. The van der Waals surface area contributed by atoms with Crippen molar-refractivity contribution in [3.05, 3.63) is 30.1 Å². The van der Waals surface area contributed by atoms with E-state index in [1.54, 1.807) is 0 Å². The van der Waals surface area contributed by atoms with E-state index in [4.69, 9.17) is 12.3 Å². The van der Waals surface area contributed by atoms with Crippen LogP contribution in [0.5, 0.6) is 0 Å². The molecular weight excluding hydrogens is 186 g/mol. The molecule has 0 aliphatic rings. The molecule has 0 aliphatic heterocycles. The molecule has 1 rings (SSSR count). The van der Waals surface area contributed by atoms with Gasteiger partial charge in [-0.05, 0) is 37.0 Å². The molecular formula is C12H17N3. The number of hydrogen-bond acceptors (Lipinski definition) is 3. The maximum Gasteiger partial charge on any atom is 0.0270 e. The summed E-state index contributed by atoms with van der Waals surface area (Å²) < 4.78 is 0. The third kappa shape index (κ3) is 4.59. The minimum Gasteiger partial charge on any atom is -0.271 e. The summed E-state index contributed by atoms with van der Waals surface area (Å²) in [7, 11) is 0. The molecule has 80 valence electrons. The molecule has 0 bridgehead atoms. The molecule has 1 aromatic rings. The fraction of sp³-hybridized carbons (Fsp3) is 0.417. The first-order valence-electron chi connectivity index (χ1n) is 5.15. The molecule has 1 heterocycles. The maximum atomic E-state index is 5.45. The van der Waals surface area contributed by atoms with E-state index >= 15 is 0 Å². The van der Waals surface area contributed by atoms with Crippen LogP contribution in [0.25, 0.3) is 0 Å². The Hall–Kier alpha value is -1.37. The highest BCUT2D eigenvalue weighted by atomic mass is 15.2. The van der Waals surface area contributed by atoms with E-state index in [-0.39, 0.29) is 0 Å². The summed E-state index contributed by atoms with van der Waals surface area (Å²) >= 11 is 0. The first-order chi connectivity index (χ1) is 7.36. The van der Waals surface area contributed by atoms with Crippen molar-refractivity contribution in [1.82, 2.24) is 10.4 Å². The number of nitrogens with zero attached hydrogens (tertiary/aromatic N) is 1. The molecule has 3 heteroatoms. The summed E-state index contributed by atoms with van der Waals surface area (Å²) in [6.07, 6.45) is 12.5. The van der Waals surface area contributed by atoms with E-state index in [1.807, 2.05) is 24.5 Å². The van der Waals surface area contributed by atoms with Crippen LogP contribution in [0, 0.1) is 12.3 Å². The molecule has 1 unspecified atom stereocenters. The van der Waals surface area contributed by atoms with E-state index in [1.165, 1.54) is 5.56 Å². The van der Waals surface area contributed by atoms with E-state index in [0.717, 1.165) is 25.7 Å². The number of hydrogen-bond donors (Lipinski definition) is 2. The first-order valence-corrected chi connectivity index (χ1v) is 5.15. The lowest BCUT2D eigenvalue weighted by molar-refractivity contribution is 0.469. The molecule has 0 fully saturated rings. The summed E-state index contributed by atoms with van der Waals surface area (Å²) in [5, 5.41) is 0. The molecule has 0 aliphatic carbocycles. The zero-order chi connectivity index (χ0) is 10.9. The molecule has 0 saturated carbocycles. The van der Waals surface area contributed by atoms with Gasteiger partial charge in [-0.25, -0.2) is 0 Å². The van der Waals surface area contributed by atoms with Crippen molar-refractivity contribution in [3.8, 4) is 12.3 Å². The Morgan fingerprint density at radius 3 is 2.73 bits per heavy atom. The molecule has 0 saturated heterocycles. The second kappa shape index (κ2) is 6.99. The highest BCUT2D eigenvalue weighted by Crippen LogP contribution is 2.07. The first kappa shape index (κ1) is 11.7. The summed E-state index contributed by atoms with van der Waals surface area (Å²) in [5.41, 5.74) is 4.08. The van der Waals surface area contributed by atoms with E-state index in [2.05, 4.69) is 16.3 Å². The standard InChI is InChI=1S/C12H17N3/c1-2-3-4-12(15-13)6-5-11-7-9-14-10-8-11/h1,7-10,12,15H,3-6,13H2. The molecule has 3 N–H and O–H groups in total. The number of nitrogens with two attached hydrogens (primary N) is 1. The summed E-state index contributed by atoms with van der Waals surface area (Å²) in [6, 6.07) is 4.35. The Kier molecular flexibility index (Phi) is 5.46. The van der Waals surface area contributed by atoms with Gasteiger partial charge in [0.15, 0.2) is 0 Å². The van der Waals surface area contributed by atoms with Crippen LogP contribution in [-0.2, 0) is 6.42 Å². The fourth-order valence-electron chi connectivity index (χ4n) is 1.46. The van der Waals surface area contributed by atoms with Crippen LogP contribution < -0.4 is 11.3 Å². The van der Waals surface area contributed by atoms with Gasteiger partial charge < -0.3 is 0 Å². The maximum absolute atomic E-state index is 5.45. The van der Waals surface area contributed by atoms with Gasteiger partial charge in [0.25, 0.3) is 0 Å². The van der Waals surface area contributed by atoms with Gasteiger partial charge in [0, 0.05) is 24.9 Å². The number of hydrazine groups is 1. The minimum atomic E-state index is 0.300. The van der Waals surface area contributed by atoms with Crippen LogP contribution in [0.1, 0.15) is 24.8 Å². The normalized spacial score (nSPS) is 12.0. The van der Waals surface area contributed by atoms with Gasteiger partial charge in [-0.1, -0.05) is 0 Å². The SMILES string of the molecule is C#CCCC(CCc1ccncc1)NN. The van der Waals surface area contributed by atoms with Crippen LogP contribution >= 0.6 is 0 Å². The van der Waals surface area contributed by atoms with Gasteiger partial charge in [0.05, 0.1) is 0 Å². The van der Waals surface area contributed by atoms with Crippen molar-refractivity contribution < 1.29 is 0 Å². The van der Waals surface area contributed by atoms with Crippen LogP contribution in [0.15, 0.2) is 24.5 Å². The summed E-state index contributed by atoms with van der Waals surface area (Å²) in [6.45, 7) is 0. The average Bonchev–Trinajstić information content (AvgIpc) is 2.31. The number of aromatic nitrogens is 1. The molecule has 0 radical (unpaired) electrons. The van der Waals surface area contributed by atoms with Crippen molar-refractivity contribution in [2.45, 2.75) is 31.7 Å².